The van der Waals surface area contributed by atoms with Crippen LogP contribution in [0.3, 0.4) is 0 Å². The van der Waals surface area contributed by atoms with E-state index >= 15 is 0 Å². The molecule has 0 saturated carbocycles. The van der Waals surface area contributed by atoms with Crippen molar-refractivity contribution in [3.63, 3.8) is 0 Å². The normalized spacial score (nSPS) is 10.4. The molecule has 2 rings (SSSR count). The quantitative estimate of drug-likeness (QED) is 0.898. The van der Waals surface area contributed by atoms with Gasteiger partial charge in [-0.2, -0.15) is 0 Å². The average molecular weight is 245 g/mol. The van der Waals surface area contributed by atoms with Crippen LogP contribution in [0.15, 0.2) is 30.5 Å². The molecule has 2 aromatic rings. The number of anilines is 1. The molecule has 0 radical (unpaired) electrons. The van der Waals surface area contributed by atoms with Crippen molar-refractivity contribution >= 4 is 5.95 Å². The molecule has 3 nitrogen and oxygen atoms in total. The molecule has 1 aromatic heterocycles. The van der Waals surface area contributed by atoms with Crippen molar-refractivity contribution in [3.05, 3.63) is 41.8 Å². The number of hydrogen-bond acceptors (Lipinski definition) is 3. The van der Waals surface area contributed by atoms with Gasteiger partial charge >= 0.3 is 0 Å². The third-order valence-corrected chi connectivity index (χ3v) is 2.71. The Morgan fingerprint density at radius 2 is 2.17 bits per heavy atom. The summed E-state index contributed by atoms with van der Waals surface area (Å²) in [4.78, 5) is 8.01. The molecule has 0 atom stereocenters. The summed E-state index contributed by atoms with van der Waals surface area (Å²) in [5, 5.41) is 2.82. The van der Waals surface area contributed by atoms with Gasteiger partial charge in [0.15, 0.2) is 5.82 Å². The molecule has 0 aliphatic rings. The summed E-state index contributed by atoms with van der Waals surface area (Å²) in [5.41, 5.74) is 2.32. The Hall–Kier alpha value is -1.97. The molecule has 0 amide bonds. The Kier molecular flexibility index (Phi) is 3.87. The Labute approximate surface area is 106 Å². The smallest absolute Gasteiger partial charge is 0.223 e. The molecular weight excluding hydrogens is 229 g/mol. The molecule has 18 heavy (non-hydrogen) atoms. The highest BCUT2D eigenvalue weighted by atomic mass is 19.1. The zero-order chi connectivity index (χ0) is 13.0. The first kappa shape index (κ1) is 12.5. The van der Waals surface area contributed by atoms with E-state index in [1.54, 1.807) is 7.05 Å². The number of hydrogen-bond donors (Lipinski definition) is 1. The van der Waals surface area contributed by atoms with Gasteiger partial charge in [0.25, 0.3) is 0 Å². The highest BCUT2D eigenvalue weighted by Crippen LogP contribution is 2.22. The number of aryl methyl sites for hydroxylation is 1. The number of rotatable bonds is 4. The highest BCUT2D eigenvalue weighted by Gasteiger charge is 2.09. The zero-order valence-electron chi connectivity index (χ0n) is 10.6. The molecule has 0 bridgehead atoms. The van der Waals surface area contributed by atoms with E-state index in [1.807, 2.05) is 24.3 Å². The molecular formula is C14H16FN3. The first-order valence-corrected chi connectivity index (χ1v) is 6.04. The minimum Gasteiger partial charge on any atom is -0.357 e. The Morgan fingerprint density at radius 3 is 2.89 bits per heavy atom. The fourth-order valence-corrected chi connectivity index (χ4v) is 1.85. The second-order valence-corrected chi connectivity index (χ2v) is 4.09. The largest absolute Gasteiger partial charge is 0.357 e. The number of benzene rings is 1. The van der Waals surface area contributed by atoms with Crippen LogP contribution in [-0.2, 0) is 6.42 Å². The lowest BCUT2D eigenvalue weighted by Crippen LogP contribution is -2.00. The first-order valence-electron chi connectivity index (χ1n) is 6.04. The minimum atomic E-state index is -0.400. The standard InChI is InChI=1S/C14H16FN3/c1-3-5-10-6-4-7-11(8-10)13-12(15)9-17-14(16-2)18-13/h4,6-9H,3,5H2,1-2H3,(H,16,17,18). The van der Waals surface area contributed by atoms with Gasteiger partial charge < -0.3 is 5.32 Å². The Morgan fingerprint density at radius 1 is 1.33 bits per heavy atom. The summed E-state index contributed by atoms with van der Waals surface area (Å²) in [7, 11) is 1.71. The van der Waals surface area contributed by atoms with Crippen molar-refractivity contribution in [1.82, 2.24) is 9.97 Å². The van der Waals surface area contributed by atoms with Gasteiger partial charge in [0.2, 0.25) is 5.95 Å². The SMILES string of the molecule is CCCc1cccc(-c2nc(NC)ncc2F)c1. The summed E-state index contributed by atoms with van der Waals surface area (Å²) in [6, 6.07) is 7.82. The van der Waals surface area contributed by atoms with Gasteiger partial charge in [0.05, 0.1) is 6.20 Å². The monoisotopic (exact) mass is 245 g/mol. The highest BCUT2D eigenvalue weighted by molar-refractivity contribution is 5.61. The second kappa shape index (κ2) is 5.58. The van der Waals surface area contributed by atoms with E-state index in [1.165, 1.54) is 11.8 Å². The van der Waals surface area contributed by atoms with Gasteiger partial charge in [-0.1, -0.05) is 31.5 Å². The van der Waals surface area contributed by atoms with Gasteiger partial charge in [-0.3, -0.25) is 0 Å². The molecule has 0 spiro atoms. The van der Waals surface area contributed by atoms with E-state index in [0.717, 1.165) is 18.4 Å². The summed E-state index contributed by atoms with van der Waals surface area (Å²) in [6.45, 7) is 2.12. The molecule has 0 saturated heterocycles. The van der Waals surface area contributed by atoms with Crippen molar-refractivity contribution in [1.29, 1.82) is 0 Å². The lowest BCUT2D eigenvalue weighted by molar-refractivity contribution is 0.618. The van der Waals surface area contributed by atoms with Crippen LogP contribution >= 0.6 is 0 Å². The van der Waals surface area contributed by atoms with Crippen molar-refractivity contribution in [2.75, 3.05) is 12.4 Å². The molecule has 0 fully saturated rings. The van der Waals surface area contributed by atoms with Crippen molar-refractivity contribution in [3.8, 4) is 11.3 Å². The predicted octanol–water partition coefficient (Wildman–Crippen LogP) is 3.28. The van der Waals surface area contributed by atoms with E-state index < -0.39 is 5.82 Å². The molecule has 1 heterocycles. The second-order valence-electron chi connectivity index (χ2n) is 4.09. The fourth-order valence-electron chi connectivity index (χ4n) is 1.85. The van der Waals surface area contributed by atoms with Crippen molar-refractivity contribution in [2.24, 2.45) is 0 Å². The predicted molar refractivity (Wildman–Crippen MR) is 71.0 cm³/mol. The van der Waals surface area contributed by atoms with Gasteiger partial charge in [0.1, 0.15) is 5.69 Å². The van der Waals surface area contributed by atoms with Gasteiger partial charge in [-0.25, -0.2) is 14.4 Å². The number of halogens is 1. The van der Waals surface area contributed by atoms with E-state index in [9.17, 15) is 4.39 Å². The Balaban J connectivity index is 2.44. The molecule has 1 N–H and O–H groups in total. The van der Waals surface area contributed by atoms with E-state index in [-0.39, 0.29) is 0 Å². The zero-order valence-corrected chi connectivity index (χ0v) is 10.6. The van der Waals surface area contributed by atoms with Crippen LogP contribution in [0.1, 0.15) is 18.9 Å². The van der Waals surface area contributed by atoms with Crippen LogP contribution in [0.4, 0.5) is 10.3 Å². The number of nitrogens with one attached hydrogen (secondary N) is 1. The third kappa shape index (κ3) is 2.64. The van der Waals surface area contributed by atoms with E-state index in [4.69, 9.17) is 0 Å². The van der Waals surface area contributed by atoms with Crippen LogP contribution in [0, 0.1) is 5.82 Å². The van der Waals surface area contributed by atoms with Crippen LogP contribution in [0.25, 0.3) is 11.3 Å². The maximum absolute atomic E-state index is 13.8. The number of nitrogens with zero attached hydrogens (tertiary/aromatic N) is 2. The maximum atomic E-state index is 13.8. The van der Waals surface area contributed by atoms with Gasteiger partial charge in [-0.05, 0) is 18.1 Å². The average Bonchev–Trinajstić information content (AvgIpc) is 2.40. The first-order chi connectivity index (χ1) is 8.74. The molecule has 0 aliphatic carbocycles. The molecule has 0 aliphatic heterocycles. The van der Waals surface area contributed by atoms with E-state index in [2.05, 4.69) is 22.2 Å². The molecule has 0 unspecified atom stereocenters. The van der Waals surface area contributed by atoms with Gasteiger partial charge in [0, 0.05) is 12.6 Å². The van der Waals surface area contributed by atoms with Crippen molar-refractivity contribution < 1.29 is 4.39 Å². The fraction of sp³-hybridized carbons (Fsp3) is 0.286. The minimum absolute atomic E-state index is 0.340. The van der Waals surface area contributed by atoms with E-state index in [0.29, 0.717) is 11.6 Å². The summed E-state index contributed by atoms with van der Waals surface area (Å²) in [5.74, 6) is 0.0231. The number of aromatic nitrogens is 2. The lowest BCUT2D eigenvalue weighted by Gasteiger charge is -2.06. The molecule has 1 aromatic carbocycles. The summed E-state index contributed by atoms with van der Waals surface area (Å²) >= 11 is 0. The van der Waals surface area contributed by atoms with Crippen LogP contribution in [-0.4, -0.2) is 17.0 Å². The molecule has 94 valence electrons. The van der Waals surface area contributed by atoms with Crippen LogP contribution < -0.4 is 5.32 Å². The van der Waals surface area contributed by atoms with Crippen LogP contribution in [0.2, 0.25) is 0 Å². The van der Waals surface area contributed by atoms with Crippen LogP contribution in [0.5, 0.6) is 0 Å². The lowest BCUT2D eigenvalue weighted by atomic mass is 10.0. The van der Waals surface area contributed by atoms with Crippen molar-refractivity contribution in [2.45, 2.75) is 19.8 Å². The summed E-state index contributed by atoms with van der Waals surface area (Å²) < 4.78 is 13.8. The summed E-state index contributed by atoms with van der Waals surface area (Å²) in [6.07, 6.45) is 3.25. The Bertz CT molecular complexity index is 540. The maximum Gasteiger partial charge on any atom is 0.223 e. The van der Waals surface area contributed by atoms with Gasteiger partial charge in [-0.15, -0.1) is 0 Å². The third-order valence-electron chi connectivity index (χ3n) is 2.71. The molecule has 4 heteroatoms. The topological polar surface area (TPSA) is 37.8 Å².